The van der Waals surface area contributed by atoms with Crippen LogP contribution in [0.25, 0.3) is 5.57 Å². The van der Waals surface area contributed by atoms with Gasteiger partial charge in [-0.25, -0.2) is 4.79 Å². The molecule has 1 saturated carbocycles. The van der Waals surface area contributed by atoms with Gasteiger partial charge < -0.3 is 10.0 Å². The molecule has 0 aliphatic heterocycles. The second kappa shape index (κ2) is 7.07. The molecule has 1 N–H and O–H groups in total. The summed E-state index contributed by atoms with van der Waals surface area (Å²) in [6, 6.07) is 9.09. The van der Waals surface area contributed by atoms with E-state index >= 15 is 0 Å². The Hall–Kier alpha value is -1.81. The lowest BCUT2D eigenvalue weighted by atomic mass is 9.83. The van der Waals surface area contributed by atoms with Gasteiger partial charge in [0.25, 0.3) is 0 Å². The molecule has 142 valence electrons. The highest BCUT2D eigenvalue weighted by Crippen LogP contribution is 2.41. The maximum absolute atomic E-state index is 12.0. The summed E-state index contributed by atoms with van der Waals surface area (Å²) < 4.78 is 0. The molecular weight excluding hydrogens is 324 g/mol. The molecule has 1 amide bonds. The van der Waals surface area contributed by atoms with E-state index in [1.807, 2.05) is 20.8 Å². The van der Waals surface area contributed by atoms with Gasteiger partial charge >= 0.3 is 6.09 Å². The molecule has 2 aliphatic carbocycles. The molecule has 3 rings (SSSR count). The molecule has 0 bridgehead atoms. The van der Waals surface area contributed by atoms with Gasteiger partial charge in [-0.05, 0) is 83.2 Å². The zero-order valence-electron chi connectivity index (χ0n) is 16.7. The lowest BCUT2D eigenvalue weighted by molar-refractivity contribution is 0.0377. The van der Waals surface area contributed by atoms with E-state index in [4.69, 9.17) is 0 Å². The van der Waals surface area contributed by atoms with Crippen molar-refractivity contribution in [2.24, 2.45) is 0 Å². The van der Waals surface area contributed by atoms with Gasteiger partial charge in [-0.3, -0.25) is 4.90 Å². The van der Waals surface area contributed by atoms with Crippen molar-refractivity contribution >= 4 is 11.7 Å². The Bertz CT molecular complexity index is 698. The SMILES string of the molecule is CN(C)[C@H]1CC(c2cccc(C3CC3)c2)=CC[C@@H]1N(C(=O)O)C(C)(C)C. The van der Waals surface area contributed by atoms with Gasteiger partial charge in [0.2, 0.25) is 0 Å². The van der Waals surface area contributed by atoms with Gasteiger partial charge in [0.1, 0.15) is 0 Å². The molecular formula is C22H32N2O2. The van der Waals surface area contributed by atoms with E-state index in [2.05, 4.69) is 49.3 Å². The normalized spacial score (nSPS) is 23.7. The van der Waals surface area contributed by atoms with Crippen molar-refractivity contribution in [1.82, 2.24) is 9.80 Å². The first-order valence-corrected chi connectivity index (χ1v) is 9.66. The summed E-state index contributed by atoms with van der Waals surface area (Å²) >= 11 is 0. The van der Waals surface area contributed by atoms with Gasteiger partial charge in [-0.1, -0.05) is 30.3 Å². The van der Waals surface area contributed by atoms with Crippen LogP contribution in [0.1, 0.15) is 63.5 Å². The van der Waals surface area contributed by atoms with Gasteiger partial charge in [-0.15, -0.1) is 0 Å². The predicted octanol–water partition coefficient (Wildman–Crippen LogP) is 4.82. The van der Waals surface area contributed by atoms with Crippen LogP contribution in [-0.2, 0) is 0 Å². The summed E-state index contributed by atoms with van der Waals surface area (Å²) in [5.74, 6) is 0.750. The van der Waals surface area contributed by atoms with Crippen LogP contribution in [0.2, 0.25) is 0 Å². The fourth-order valence-electron chi connectivity index (χ4n) is 4.24. The maximum atomic E-state index is 12.0. The number of carbonyl (C=O) groups is 1. The topological polar surface area (TPSA) is 43.8 Å². The predicted molar refractivity (Wildman–Crippen MR) is 107 cm³/mol. The van der Waals surface area contributed by atoms with Gasteiger partial charge in [-0.2, -0.15) is 0 Å². The summed E-state index contributed by atoms with van der Waals surface area (Å²) in [5.41, 5.74) is 3.69. The Balaban J connectivity index is 1.89. The van der Waals surface area contributed by atoms with Crippen LogP contribution in [0.5, 0.6) is 0 Å². The largest absolute Gasteiger partial charge is 0.465 e. The molecule has 2 atom stereocenters. The van der Waals surface area contributed by atoms with Crippen LogP contribution >= 0.6 is 0 Å². The van der Waals surface area contributed by atoms with E-state index in [0.29, 0.717) is 0 Å². The molecule has 0 heterocycles. The molecule has 0 spiro atoms. The minimum Gasteiger partial charge on any atom is -0.465 e. The minimum atomic E-state index is -0.832. The molecule has 1 aromatic rings. The fourth-order valence-corrected chi connectivity index (χ4v) is 4.24. The van der Waals surface area contributed by atoms with Crippen molar-refractivity contribution in [2.45, 2.75) is 70.0 Å². The summed E-state index contributed by atoms with van der Waals surface area (Å²) in [7, 11) is 4.12. The van der Waals surface area contributed by atoms with Gasteiger partial charge in [0, 0.05) is 11.6 Å². The lowest BCUT2D eigenvalue weighted by Crippen LogP contribution is -2.58. The van der Waals surface area contributed by atoms with Crippen LogP contribution < -0.4 is 0 Å². The monoisotopic (exact) mass is 356 g/mol. The third-order valence-electron chi connectivity index (χ3n) is 5.71. The molecule has 26 heavy (non-hydrogen) atoms. The molecule has 1 aromatic carbocycles. The third-order valence-corrected chi connectivity index (χ3v) is 5.71. The quantitative estimate of drug-likeness (QED) is 0.841. The molecule has 2 aliphatic rings. The van der Waals surface area contributed by atoms with Gasteiger partial charge in [0.05, 0.1) is 6.04 Å². The number of benzene rings is 1. The van der Waals surface area contributed by atoms with Crippen molar-refractivity contribution in [3.05, 3.63) is 41.5 Å². The maximum Gasteiger partial charge on any atom is 0.408 e. The molecule has 1 fully saturated rings. The van der Waals surface area contributed by atoms with Crippen molar-refractivity contribution in [1.29, 1.82) is 0 Å². The van der Waals surface area contributed by atoms with E-state index in [9.17, 15) is 9.90 Å². The van der Waals surface area contributed by atoms with E-state index in [0.717, 1.165) is 18.8 Å². The Morgan fingerprint density at radius 3 is 2.38 bits per heavy atom. The number of rotatable bonds is 4. The number of likely N-dealkylation sites (N-methyl/N-ethyl adjacent to an activating group) is 1. The third kappa shape index (κ3) is 3.96. The smallest absolute Gasteiger partial charge is 0.408 e. The number of hydrogen-bond acceptors (Lipinski definition) is 2. The Morgan fingerprint density at radius 2 is 1.85 bits per heavy atom. The number of amides is 1. The lowest BCUT2D eigenvalue weighted by Gasteiger charge is -2.46. The first-order valence-electron chi connectivity index (χ1n) is 9.66. The standard InChI is InChI=1S/C22H32N2O2/c1-22(2,3)24(21(25)26)19-12-11-18(14-20(19)23(4)5)17-8-6-7-16(13-17)15-9-10-15/h6-8,11,13,15,19-20H,9-10,12,14H2,1-5H3,(H,25,26)/t19-,20-/m0/s1. The highest BCUT2D eigenvalue weighted by molar-refractivity contribution is 5.70. The molecule has 4 heteroatoms. The molecule has 0 radical (unpaired) electrons. The van der Waals surface area contributed by atoms with Crippen molar-refractivity contribution in [3.8, 4) is 0 Å². The second-order valence-electron chi connectivity index (χ2n) is 8.99. The van der Waals surface area contributed by atoms with E-state index in [1.165, 1.54) is 29.5 Å². The van der Waals surface area contributed by atoms with Crippen LogP contribution in [0.4, 0.5) is 4.79 Å². The van der Waals surface area contributed by atoms with Crippen molar-refractivity contribution in [2.75, 3.05) is 14.1 Å². The molecule has 0 saturated heterocycles. The van der Waals surface area contributed by atoms with Crippen LogP contribution in [-0.4, -0.2) is 52.7 Å². The zero-order chi connectivity index (χ0) is 19.1. The fraction of sp³-hybridized carbons (Fsp3) is 0.591. The summed E-state index contributed by atoms with van der Waals surface area (Å²) in [4.78, 5) is 15.8. The molecule has 0 aromatic heterocycles. The van der Waals surface area contributed by atoms with Crippen LogP contribution in [0.3, 0.4) is 0 Å². The molecule has 4 nitrogen and oxygen atoms in total. The number of nitrogens with zero attached hydrogens (tertiary/aromatic N) is 2. The van der Waals surface area contributed by atoms with E-state index in [-0.39, 0.29) is 12.1 Å². The zero-order valence-corrected chi connectivity index (χ0v) is 16.7. The highest BCUT2D eigenvalue weighted by Gasteiger charge is 2.40. The Labute approximate surface area is 157 Å². The van der Waals surface area contributed by atoms with Crippen LogP contribution in [0, 0.1) is 0 Å². The average molecular weight is 357 g/mol. The summed E-state index contributed by atoms with van der Waals surface area (Å²) in [6.07, 6.45) is 5.69. The second-order valence-corrected chi connectivity index (χ2v) is 8.99. The van der Waals surface area contributed by atoms with E-state index in [1.54, 1.807) is 4.90 Å². The van der Waals surface area contributed by atoms with Crippen molar-refractivity contribution < 1.29 is 9.90 Å². The van der Waals surface area contributed by atoms with Crippen LogP contribution in [0.15, 0.2) is 30.3 Å². The first kappa shape index (κ1) is 19.0. The first-order chi connectivity index (χ1) is 12.2. The minimum absolute atomic E-state index is 0.0298. The Morgan fingerprint density at radius 1 is 1.15 bits per heavy atom. The average Bonchev–Trinajstić information content (AvgIpc) is 3.38. The molecule has 0 unspecified atom stereocenters. The van der Waals surface area contributed by atoms with Crippen molar-refractivity contribution in [3.63, 3.8) is 0 Å². The van der Waals surface area contributed by atoms with Gasteiger partial charge in [0.15, 0.2) is 0 Å². The summed E-state index contributed by atoms with van der Waals surface area (Å²) in [5, 5.41) is 9.83. The summed E-state index contributed by atoms with van der Waals surface area (Å²) in [6.45, 7) is 5.94. The highest BCUT2D eigenvalue weighted by atomic mass is 16.4. The number of carboxylic acid groups (broad SMARTS) is 1. The Kier molecular flexibility index (Phi) is 5.16. The van der Waals surface area contributed by atoms with E-state index < -0.39 is 11.6 Å². The number of hydrogen-bond donors (Lipinski definition) is 1.